The van der Waals surface area contributed by atoms with Gasteiger partial charge in [0.15, 0.2) is 5.79 Å². The van der Waals surface area contributed by atoms with E-state index in [-0.39, 0.29) is 5.79 Å². The average molecular weight is 299 g/mol. The molecular weight excluding hydrogens is 274 g/mol. The third-order valence-corrected chi connectivity index (χ3v) is 4.49. The number of rotatable bonds is 1. The molecule has 1 aromatic carbocycles. The fraction of sp³-hybridized carbons (Fsp3) is 0.474. The summed E-state index contributed by atoms with van der Waals surface area (Å²) >= 11 is 0. The average Bonchev–Trinajstić information content (AvgIpc) is 3.16. The number of aromatic nitrogens is 1. The van der Waals surface area contributed by atoms with Crippen LogP contribution in [0.5, 0.6) is 0 Å². The van der Waals surface area contributed by atoms with Crippen molar-refractivity contribution in [1.82, 2.24) is 4.57 Å². The molecule has 1 aliphatic carbocycles. The Morgan fingerprint density at radius 1 is 1.09 bits per heavy atom. The van der Waals surface area contributed by atoms with Crippen LogP contribution in [0, 0.1) is 0 Å². The summed E-state index contributed by atoms with van der Waals surface area (Å²) in [5.41, 5.74) is 4.07. The number of hydrogen-bond acceptors (Lipinski definition) is 2. The first-order valence-electron chi connectivity index (χ1n) is 8.29. The van der Waals surface area contributed by atoms with Crippen molar-refractivity contribution in [2.45, 2.75) is 38.9 Å². The molecule has 0 N–H and O–H groups in total. The molecule has 4 rings (SSSR count). The van der Waals surface area contributed by atoms with Crippen molar-refractivity contribution in [1.29, 1.82) is 0 Å². The molecule has 1 spiro atoms. The highest BCUT2D eigenvalue weighted by atomic mass is 16.7. The van der Waals surface area contributed by atoms with Crippen molar-refractivity contribution < 1.29 is 9.47 Å². The molecule has 0 atom stereocenters. The van der Waals surface area contributed by atoms with Gasteiger partial charge in [0.2, 0.25) is 0 Å². The summed E-state index contributed by atoms with van der Waals surface area (Å²) in [6.45, 7) is 5.47. The highest BCUT2D eigenvalue weighted by Crippen LogP contribution is 2.40. The van der Waals surface area contributed by atoms with Crippen LogP contribution < -0.4 is 0 Å². The SMILES string of the molecule is CC.Cn1cc(C2=CCC3(CC2)OCCO3)c2ccccc21. The zero-order chi connectivity index (χ0) is 15.6. The van der Waals surface area contributed by atoms with Crippen LogP contribution in [0.25, 0.3) is 16.5 Å². The van der Waals surface area contributed by atoms with Crippen LogP contribution >= 0.6 is 0 Å². The molecule has 0 amide bonds. The summed E-state index contributed by atoms with van der Waals surface area (Å²) in [6, 6.07) is 8.59. The predicted octanol–water partition coefficient (Wildman–Crippen LogP) is 4.51. The number of fused-ring (bicyclic) bond motifs is 1. The summed E-state index contributed by atoms with van der Waals surface area (Å²) < 4.78 is 13.8. The number of aryl methyl sites for hydroxylation is 1. The third kappa shape index (κ3) is 2.59. The number of benzene rings is 1. The van der Waals surface area contributed by atoms with Crippen molar-refractivity contribution in [3.05, 3.63) is 42.1 Å². The summed E-state index contributed by atoms with van der Waals surface area (Å²) in [7, 11) is 2.11. The van der Waals surface area contributed by atoms with Crippen LogP contribution in [0.2, 0.25) is 0 Å². The van der Waals surface area contributed by atoms with E-state index < -0.39 is 0 Å². The van der Waals surface area contributed by atoms with Gasteiger partial charge in [-0.15, -0.1) is 0 Å². The second-order valence-corrected chi connectivity index (χ2v) is 5.71. The number of ether oxygens (including phenoxy) is 2. The maximum Gasteiger partial charge on any atom is 0.172 e. The Hall–Kier alpha value is -1.58. The zero-order valence-electron chi connectivity index (χ0n) is 13.8. The van der Waals surface area contributed by atoms with Gasteiger partial charge in [0, 0.05) is 42.6 Å². The fourth-order valence-electron chi connectivity index (χ4n) is 3.41. The van der Waals surface area contributed by atoms with E-state index >= 15 is 0 Å². The van der Waals surface area contributed by atoms with Gasteiger partial charge in [-0.1, -0.05) is 38.1 Å². The van der Waals surface area contributed by atoms with Gasteiger partial charge in [0.25, 0.3) is 0 Å². The topological polar surface area (TPSA) is 23.4 Å². The lowest BCUT2D eigenvalue weighted by Gasteiger charge is -2.30. The minimum Gasteiger partial charge on any atom is -0.350 e. The molecule has 1 saturated heterocycles. The molecule has 1 fully saturated rings. The largest absolute Gasteiger partial charge is 0.350 e. The molecule has 0 saturated carbocycles. The van der Waals surface area contributed by atoms with Gasteiger partial charge >= 0.3 is 0 Å². The monoisotopic (exact) mass is 299 g/mol. The van der Waals surface area contributed by atoms with Crippen molar-refractivity contribution in [2.24, 2.45) is 7.05 Å². The molecule has 2 heterocycles. The van der Waals surface area contributed by atoms with Gasteiger partial charge in [-0.05, 0) is 18.1 Å². The number of allylic oxidation sites excluding steroid dienone is 1. The molecule has 2 aliphatic rings. The van der Waals surface area contributed by atoms with E-state index in [1.807, 2.05) is 13.8 Å². The van der Waals surface area contributed by atoms with Gasteiger partial charge in [-0.3, -0.25) is 0 Å². The molecule has 118 valence electrons. The normalized spacial score (nSPS) is 19.9. The first-order chi connectivity index (χ1) is 10.8. The zero-order valence-corrected chi connectivity index (χ0v) is 13.8. The molecule has 1 aromatic heterocycles. The lowest BCUT2D eigenvalue weighted by atomic mass is 9.90. The molecule has 0 radical (unpaired) electrons. The lowest BCUT2D eigenvalue weighted by molar-refractivity contribution is -0.159. The summed E-state index contributed by atoms with van der Waals surface area (Å²) in [4.78, 5) is 0. The molecule has 0 unspecified atom stereocenters. The summed E-state index contributed by atoms with van der Waals surface area (Å²) in [5, 5.41) is 1.34. The van der Waals surface area contributed by atoms with E-state index in [0.29, 0.717) is 0 Å². The van der Waals surface area contributed by atoms with Crippen molar-refractivity contribution in [3.63, 3.8) is 0 Å². The first-order valence-corrected chi connectivity index (χ1v) is 8.29. The van der Waals surface area contributed by atoms with Crippen LogP contribution in [-0.4, -0.2) is 23.6 Å². The molecule has 0 bridgehead atoms. The second-order valence-electron chi connectivity index (χ2n) is 5.71. The van der Waals surface area contributed by atoms with E-state index in [1.165, 1.54) is 22.0 Å². The van der Waals surface area contributed by atoms with Crippen LogP contribution in [0.3, 0.4) is 0 Å². The number of nitrogens with zero attached hydrogens (tertiary/aromatic N) is 1. The highest BCUT2D eigenvalue weighted by molar-refractivity contribution is 5.93. The molecule has 3 heteroatoms. The van der Waals surface area contributed by atoms with E-state index in [0.717, 1.165) is 32.5 Å². The Labute approximate surface area is 132 Å². The summed E-state index contributed by atoms with van der Waals surface area (Å²) in [5.74, 6) is -0.325. The van der Waals surface area contributed by atoms with E-state index in [2.05, 4.69) is 48.2 Å². The third-order valence-electron chi connectivity index (χ3n) is 4.49. The van der Waals surface area contributed by atoms with Crippen molar-refractivity contribution in [2.75, 3.05) is 13.2 Å². The predicted molar refractivity (Wildman–Crippen MR) is 90.7 cm³/mol. The Morgan fingerprint density at radius 2 is 1.82 bits per heavy atom. The number of hydrogen-bond donors (Lipinski definition) is 0. The van der Waals surface area contributed by atoms with Crippen LogP contribution in [0.15, 0.2) is 36.5 Å². The van der Waals surface area contributed by atoms with E-state index in [4.69, 9.17) is 9.47 Å². The van der Waals surface area contributed by atoms with Gasteiger partial charge in [-0.2, -0.15) is 0 Å². The first kappa shape index (κ1) is 15.3. The second kappa shape index (κ2) is 6.27. The summed E-state index contributed by atoms with van der Waals surface area (Å²) in [6.07, 6.45) is 7.39. The van der Waals surface area contributed by atoms with E-state index in [1.54, 1.807) is 0 Å². The Bertz CT molecular complexity index is 678. The van der Waals surface area contributed by atoms with Crippen molar-refractivity contribution in [3.8, 4) is 0 Å². The maximum absolute atomic E-state index is 5.79. The Kier molecular flexibility index (Phi) is 4.37. The fourth-order valence-corrected chi connectivity index (χ4v) is 3.41. The van der Waals surface area contributed by atoms with Gasteiger partial charge in [-0.25, -0.2) is 0 Å². The Balaban J connectivity index is 0.000000693. The lowest BCUT2D eigenvalue weighted by Crippen LogP contribution is -2.31. The molecule has 22 heavy (non-hydrogen) atoms. The smallest absolute Gasteiger partial charge is 0.172 e. The highest BCUT2D eigenvalue weighted by Gasteiger charge is 2.37. The van der Waals surface area contributed by atoms with Gasteiger partial charge in [0.1, 0.15) is 0 Å². The van der Waals surface area contributed by atoms with E-state index in [9.17, 15) is 0 Å². The number of para-hydroxylation sites is 1. The van der Waals surface area contributed by atoms with Crippen LogP contribution in [0.4, 0.5) is 0 Å². The minimum atomic E-state index is -0.325. The quantitative estimate of drug-likeness (QED) is 0.773. The standard InChI is InChI=1S/C17H19NO2.C2H6/c1-18-12-15(14-4-2-3-5-16(14)18)13-6-8-17(9-7-13)19-10-11-20-17;1-2/h2-6,12H,7-11H2,1H3;1-2H3. The van der Waals surface area contributed by atoms with Crippen LogP contribution in [0.1, 0.15) is 38.7 Å². The molecule has 3 nitrogen and oxygen atoms in total. The van der Waals surface area contributed by atoms with Gasteiger partial charge in [0.05, 0.1) is 13.2 Å². The van der Waals surface area contributed by atoms with Crippen LogP contribution in [-0.2, 0) is 16.5 Å². The Morgan fingerprint density at radius 3 is 2.50 bits per heavy atom. The van der Waals surface area contributed by atoms with Crippen molar-refractivity contribution >= 4 is 16.5 Å². The molecule has 1 aliphatic heterocycles. The molecular formula is C19H25NO2. The minimum absolute atomic E-state index is 0.325. The molecule has 2 aromatic rings. The maximum atomic E-state index is 5.79. The van der Waals surface area contributed by atoms with Gasteiger partial charge < -0.3 is 14.0 Å².